The molecule has 2 heterocycles. The number of nitrogens with zero attached hydrogens (tertiary/aromatic N) is 4. The summed E-state index contributed by atoms with van der Waals surface area (Å²) in [5, 5.41) is 12.0. The zero-order chi connectivity index (χ0) is 27.4. The van der Waals surface area contributed by atoms with Gasteiger partial charge in [-0.1, -0.05) is 29.5 Å². The highest BCUT2D eigenvalue weighted by Gasteiger charge is 2.27. The first-order chi connectivity index (χ1) is 17.4. The smallest absolute Gasteiger partial charge is 0.341 e. The molecule has 0 saturated carbocycles. The van der Waals surface area contributed by atoms with Gasteiger partial charge >= 0.3 is 5.97 Å². The normalized spacial score (nSPS) is 11.7. The number of esters is 1. The van der Waals surface area contributed by atoms with Gasteiger partial charge in [-0.2, -0.15) is 0 Å². The van der Waals surface area contributed by atoms with Crippen LogP contribution in [0.5, 0.6) is 5.75 Å². The molecule has 198 valence electrons. The van der Waals surface area contributed by atoms with Crippen LogP contribution in [0, 0.1) is 20.8 Å². The highest BCUT2D eigenvalue weighted by Crippen LogP contribution is 2.34. The van der Waals surface area contributed by atoms with Crippen LogP contribution in [0.25, 0.3) is 0 Å². The standard InChI is InChI=1S/C25H31N5O5S2/c1-13-9-10-17(14(2)11-13)35-16(4)21-27-28-25(30(21)7)36-12-18(31)26-22-19(24(33)34-8)15(3)20(37-22)23(32)29(5)6/h9-11,16H,12H2,1-8H3,(H,26,31). The van der Waals surface area contributed by atoms with Crippen molar-refractivity contribution in [2.24, 2.45) is 7.05 Å². The molecule has 3 rings (SSSR count). The number of aryl methyl sites for hydroxylation is 2. The van der Waals surface area contributed by atoms with Crippen LogP contribution in [0.3, 0.4) is 0 Å². The predicted molar refractivity (Wildman–Crippen MR) is 144 cm³/mol. The number of hydrogen-bond acceptors (Lipinski definition) is 9. The van der Waals surface area contributed by atoms with Crippen molar-refractivity contribution in [1.82, 2.24) is 19.7 Å². The van der Waals surface area contributed by atoms with E-state index < -0.39 is 5.97 Å². The van der Waals surface area contributed by atoms with Crippen LogP contribution in [0.4, 0.5) is 5.00 Å². The van der Waals surface area contributed by atoms with E-state index >= 15 is 0 Å². The number of carbonyl (C=O) groups excluding carboxylic acids is 3. The topological polar surface area (TPSA) is 116 Å². The zero-order valence-electron chi connectivity index (χ0n) is 22.2. The number of hydrogen-bond donors (Lipinski definition) is 1. The summed E-state index contributed by atoms with van der Waals surface area (Å²) in [6.07, 6.45) is -0.355. The zero-order valence-corrected chi connectivity index (χ0v) is 23.8. The minimum atomic E-state index is -0.620. The third kappa shape index (κ3) is 6.31. The molecule has 10 nitrogen and oxygen atoms in total. The second-order valence-corrected chi connectivity index (χ2v) is 10.7. The molecule has 37 heavy (non-hydrogen) atoms. The molecule has 2 aromatic heterocycles. The Balaban J connectivity index is 1.70. The van der Waals surface area contributed by atoms with Gasteiger partial charge < -0.3 is 24.3 Å². The van der Waals surface area contributed by atoms with Gasteiger partial charge in [0.25, 0.3) is 5.91 Å². The molecular formula is C25H31N5O5S2. The second-order valence-electron chi connectivity index (χ2n) is 8.72. The van der Waals surface area contributed by atoms with Crippen LogP contribution in [0.15, 0.2) is 23.4 Å². The predicted octanol–water partition coefficient (Wildman–Crippen LogP) is 4.16. The Morgan fingerprint density at radius 3 is 2.51 bits per heavy atom. The van der Waals surface area contributed by atoms with Gasteiger partial charge in [-0.3, -0.25) is 9.59 Å². The quantitative estimate of drug-likeness (QED) is 0.315. The molecule has 0 saturated heterocycles. The van der Waals surface area contributed by atoms with Gasteiger partial charge in [0, 0.05) is 21.1 Å². The van der Waals surface area contributed by atoms with Gasteiger partial charge in [0.2, 0.25) is 5.91 Å². The van der Waals surface area contributed by atoms with Crippen molar-refractivity contribution in [3.05, 3.63) is 51.2 Å². The first-order valence-electron chi connectivity index (χ1n) is 11.4. The lowest BCUT2D eigenvalue weighted by atomic mass is 10.1. The second kappa shape index (κ2) is 11.8. The Hall–Kier alpha value is -3.38. The average molecular weight is 546 g/mol. The van der Waals surface area contributed by atoms with Crippen LogP contribution in [0.1, 0.15) is 55.6 Å². The largest absolute Gasteiger partial charge is 0.482 e. The summed E-state index contributed by atoms with van der Waals surface area (Å²) in [6, 6.07) is 5.98. The third-order valence-corrected chi connectivity index (χ3v) is 7.80. The molecule has 2 amide bonds. The fourth-order valence-electron chi connectivity index (χ4n) is 3.63. The molecule has 1 N–H and O–H groups in total. The molecule has 12 heteroatoms. The fourth-order valence-corrected chi connectivity index (χ4v) is 5.58. The number of carbonyl (C=O) groups is 3. The third-order valence-electron chi connectivity index (χ3n) is 5.59. The van der Waals surface area contributed by atoms with Crippen molar-refractivity contribution in [3.63, 3.8) is 0 Å². The Kier molecular flexibility index (Phi) is 8.98. The van der Waals surface area contributed by atoms with Crippen molar-refractivity contribution >= 4 is 45.9 Å². The number of aromatic nitrogens is 3. The van der Waals surface area contributed by atoms with Gasteiger partial charge in [-0.05, 0) is 44.9 Å². The van der Waals surface area contributed by atoms with Gasteiger partial charge in [0.1, 0.15) is 10.8 Å². The lowest BCUT2D eigenvalue weighted by Crippen LogP contribution is -2.21. The van der Waals surface area contributed by atoms with Crippen LogP contribution in [-0.2, 0) is 16.6 Å². The molecule has 0 radical (unpaired) electrons. The van der Waals surface area contributed by atoms with Crippen molar-refractivity contribution in [1.29, 1.82) is 0 Å². The highest BCUT2D eigenvalue weighted by atomic mass is 32.2. The van der Waals surface area contributed by atoms with Gasteiger partial charge in [0.15, 0.2) is 17.1 Å². The summed E-state index contributed by atoms with van der Waals surface area (Å²) in [4.78, 5) is 39.4. The molecule has 3 aromatic rings. The summed E-state index contributed by atoms with van der Waals surface area (Å²) in [5.41, 5.74) is 2.83. The Labute approximate surface area is 224 Å². The van der Waals surface area contributed by atoms with Crippen molar-refractivity contribution in [2.45, 2.75) is 39.0 Å². The van der Waals surface area contributed by atoms with Crippen LogP contribution < -0.4 is 10.1 Å². The van der Waals surface area contributed by atoms with Crippen molar-refractivity contribution < 1.29 is 23.9 Å². The summed E-state index contributed by atoms with van der Waals surface area (Å²) in [6.45, 7) is 7.57. The molecule has 0 aliphatic rings. The number of ether oxygens (including phenoxy) is 2. The highest BCUT2D eigenvalue weighted by molar-refractivity contribution is 7.99. The summed E-state index contributed by atoms with van der Waals surface area (Å²) < 4.78 is 12.8. The SMILES string of the molecule is COC(=O)c1c(NC(=O)CSc2nnc(C(C)Oc3ccc(C)cc3C)n2C)sc(C(=O)N(C)C)c1C. The van der Waals surface area contributed by atoms with E-state index in [0.717, 1.165) is 28.2 Å². The van der Waals surface area contributed by atoms with Crippen molar-refractivity contribution in [3.8, 4) is 5.75 Å². The maximum Gasteiger partial charge on any atom is 0.341 e. The van der Waals surface area contributed by atoms with Gasteiger partial charge in [0.05, 0.1) is 23.3 Å². The number of thiophene rings is 1. The van der Waals surface area contributed by atoms with Gasteiger partial charge in [-0.15, -0.1) is 21.5 Å². The maximum atomic E-state index is 12.8. The lowest BCUT2D eigenvalue weighted by Gasteiger charge is -2.16. The van der Waals surface area contributed by atoms with Crippen LogP contribution >= 0.6 is 23.1 Å². The van der Waals surface area contributed by atoms with Crippen molar-refractivity contribution in [2.75, 3.05) is 32.3 Å². The Bertz CT molecular complexity index is 1330. The first kappa shape index (κ1) is 28.2. The molecule has 0 bridgehead atoms. The van der Waals surface area contributed by atoms with E-state index in [0.29, 0.717) is 21.4 Å². The summed E-state index contributed by atoms with van der Waals surface area (Å²) in [5.74, 6) is 0.180. The molecule has 1 unspecified atom stereocenters. The van der Waals surface area contributed by atoms with Crippen LogP contribution in [-0.4, -0.2) is 64.4 Å². The van der Waals surface area contributed by atoms with Crippen LogP contribution in [0.2, 0.25) is 0 Å². The minimum Gasteiger partial charge on any atom is -0.482 e. The maximum absolute atomic E-state index is 12.8. The summed E-state index contributed by atoms with van der Waals surface area (Å²) in [7, 11) is 6.31. The minimum absolute atomic E-state index is 0.0206. The number of anilines is 1. The number of rotatable bonds is 9. The number of amides is 2. The molecule has 1 aromatic carbocycles. The lowest BCUT2D eigenvalue weighted by molar-refractivity contribution is -0.113. The first-order valence-corrected chi connectivity index (χ1v) is 13.2. The number of nitrogens with one attached hydrogen (secondary N) is 1. The van der Waals surface area contributed by atoms with E-state index in [-0.39, 0.29) is 34.2 Å². The molecule has 0 fully saturated rings. The fraction of sp³-hybridized carbons (Fsp3) is 0.400. The molecule has 0 aliphatic carbocycles. The number of benzene rings is 1. The van der Waals surface area contributed by atoms with E-state index in [4.69, 9.17) is 9.47 Å². The summed E-state index contributed by atoms with van der Waals surface area (Å²) >= 11 is 2.25. The molecule has 1 atom stereocenters. The van der Waals surface area contributed by atoms with E-state index in [1.807, 2.05) is 40.0 Å². The van der Waals surface area contributed by atoms with E-state index in [1.54, 1.807) is 25.6 Å². The Morgan fingerprint density at radius 1 is 1.19 bits per heavy atom. The van der Waals surface area contributed by atoms with E-state index in [2.05, 4.69) is 21.6 Å². The molecule has 0 aliphatic heterocycles. The number of methoxy groups -OCH3 is 1. The van der Waals surface area contributed by atoms with Gasteiger partial charge in [-0.25, -0.2) is 4.79 Å². The number of thioether (sulfide) groups is 1. The molecular weight excluding hydrogens is 514 g/mol. The monoisotopic (exact) mass is 545 g/mol. The average Bonchev–Trinajstić information content (AvgIpc) is 3.37. The Morgan fingerprint density at radius 2 is 1.89 bits per heavy atom. The van der Waals surface area contributed by atoms with E-state index in [1.165, 1.54) is 23.8 Å². The molecule has 0 spiro atoms. The van der Waals surface area contributed by atoms with E-state index in [9.17, 15) is 14.4 Å².